The molecule has 4 unspecified atom stereocenters. The van der Waals surface area contributed by atoms with E-state index in [0.717, 1.165) is 173 Å². The Morgan fingerprint density at radius 1 is 0.530 bits per heavy atom. The molecule has 31 heteroatoms. The van der Waals surface area contributed by atoms with E-state index in [4.69, 9.17) is 62.7 Å². The highest BCUT2D eigenvalue weighted by molar-refractivity contribution is 7.88. The highest BCUT2D eigenvalue weighted by atomic mass is 35.5. The van der Waals surface area contributed by atoms with Gasteiger partial charge in [0.05, 0.1) is 83.4 Å². The molecule has 25 nitrogen and oxygen atoms in total. The number of ether oxygens (including phenoxy) is 1. The number of fused-ring (bicyclic) bond motifs is 10. The summed E-state index contributed by atoms with van der Waals surface area (Å²) in [6, 6.07) is 19.8. The number of esters is 1. The number of H-pyrrole nitrogens is 6. The summed E-state index contributed by atoms with van der Waals surface area (Å²) in [6.07, 6.45) is 21.9. The largest absolute Gasteiger partial charge is 0.469 e. The molecule has 7 saturated heterocycles. The molecule has 0 radical (unpaired) electrons. The molecule has 4 bridgehead atoms. The molecule has 7 fully saturated rings. The van der Waals surface area contributed by atoms with Crippen molar-refractivity contribution in [3.05, 3.63) is 141 Å². The average Bonchev–Trinajstić information content (AvgIpc) is 1.36. The fraction of sp³-hybridized carbons (Fsp3) is 0.406. The summed E-state index contributed by atoms with van der Waals surface area (Å²) in [6.45, 7) is 12.2. The van der Waals surface area contributed by atoms with Gasteiger partial charge in [-0.05, 0) is 126 Å². The number of rotatable bonds is 9. The lowest BCUT2D eigenvalue weighted by Gasteiger charge is -2.52. The highest BCUT2D eigenvalue weighted by Crippen LogP contribution is 2.41. The number of amides is 2. The SMILES string of the molecule is CC(=O)N1CC2CCC1CN2c1cc(Cl)cc2[nH]ncc12.CC(C)NC(=O)c1cc(Cl)cc2[nH]ncc12.COC(=O)C1CCN(c2cc(Cl)cc3[nH]ncc23)CC1.CS(=O)(=O)N1C2CCC1CN(c1cc(Cl)cc3[nH]ncc13)C2.Clc1cc(N2CCC(c3ncc[nH]3)CC2)c2cn[nH]c2c1. The van der Waals surface area contributed by atoms with Gasteiger partial charge in [-0.2, -0.15) is 29.8 Å². The van der Waals surface area contributed by atoms with Crippen LogP contribution in [0.25, 0.3) is 54.5 Å². The zero-order valence-corrected chi connectivity index (χ0v) is 60.4. The van der Waals surface area contributed by atoms with Crippen molar-refractivity contribution in [1.82, 2.24) is 75.5 Å². The first-order valence-corrected chi connectivity index (χ1v) is 37.2. The number of sulfonamides is 1. The first kappa shape index (κ1) is 70.1. The van der Waals surface area contributed by atoms with Crippen LogP contribution in [0.15, 0.2) is 104 Å². The molecular weight excluding hydrogens is 1400 g/mol. The number of halogens is 5. The molecule has 0 spiro atoms. The fourth-order valence-electron chi connectivity index (χ4n) is 15.1. The Labute approximate surface area is 602 Å². The van der Waals surface area contributed by atoms with Gasteiger partial charge < -0.3 is 39.5 Å². The standard InChI is InChI=1S/C15H16ClN5.C15H17ClN4O.C14H17ClN4O2S.C14H16ClN3O2.C11H12ClN3O/c16-11-7-13-12(9-19-20-13)14(8-11)21-5-1-10(2-6-21)15-17-3-4-18-15;1-9(21)19-7-12-3-2-11(19)8-20(12)15-5-10(16)4-14-13(15)6-17-18-14;1-22(20,21)19-10-2-3-11(19)8-18(7-10)14-5-9(15)4-13-12(14)6-16-17-13;1-20-14(19)9-2-4-18(5-3-9)13-7-10(15)6-12-11(13)8-16-17-12;1-6(2)14-11(16)8-3-7(12)4-10-9(8)5-13-15-10/h3-4,7-10H,1-2,5-6H2,(H,17,18)(H,19,20);4-6,11-12H,2-3,7-8H2,1H3,(H,17,18);4-6,10-11H,2-3,7-8H2,1H3,(H,16,17);6-9H,2-5H2,1H3,(H,16,17);3-6H,1-2H3,(H,13,15)(H,14,16). The van der Waals surface area contributed by atoms with Gasteiger partial charge in [-0.3, -0.25) is 39.9 Å². The van der Waals surface area contributed by atoms with Crippen LogP contribution < -0.4 is 24.9 Å². The maximum Gasteiger partial charge on any atom is 0.308 e. The predicted octanol–water partition coefficient (Wildman–Crippen LogP) is 12.5. The number of anilines is 4. The summed E-state index contributed by atoms with van der Waals surface area (Å²) in [5.41, 5.74) is 9.50. The Morgan fingerprint density at radius 3 is 1.38 bits per heavy atom. The second-order valence-corrected chi connectivity index (χ2v) is 30.6. The van der Waals surface area contributed by atoms with E-state index in [0.29, 0.717) is 56.7 Å². The van der Waals surface area contributed by atoms with E-state index in [-0.39, 0.29) is 41.8 Å². The van der Waals surface area contributed by atoms with Gasteiger partial charge in [0, 0.05) is 183 Å². The molecule has 5 aromatic carbocycles. The summed E-state index contributed by atoms with van der Waals surface area (Å²) >= 11 is 30.8. The number of aromatic amines is 6. The van der Waals surface area contributed by atoms with E-state index >= 15 is 0 Å². The van der Waals surface area contributed by atoms with Gasteiger partial charge in [0.25, 0.3) is 5.91 Å². The molecule has 4 atom stereocenters. The minimum Gasteiger partial charge on any atom is -0.469 e. The molecule has 18 rings (SSSR count). The second kappa shape index (κ2) is 30.1. The van der Waals surface area contributed by atoms with Gasteiger partial charge in [0.2, 0.25) is 15.9 Å². The molecule has 526 valence electrons. The van der Waals surface area contributed by atoms with Gasteiger partial charge in [-0.1, -0.05) is 58.0 Å². The summed E-state index contributed by atoms with van der Waals surface area (Å²) in [7, 11) is -1.70. The maximum absolute atomic E-state index is 12.0. The molecule has 100 heavy (non-hydrogen) atoms. The predicted molar refractivity (Wildman–Crippen MR) is 395 cm³/mol. The summed E-state index contributed by atoms with van der Waals surface area (Å²) in [5.74, 6) is 1.58. The van der Waals surface area contributed by atoms with Crippen LogP contribution in [-0.2, 0) is 24.3 Å². The van der Waals surface area contributed by atoms with Crippen molar-refractivity contribution in [3.8, 4) is 0 Å². The highest BCUT2D eigenvalue weighted by Gasteiger charge is 2.45. The third-order valence-electron chi connectivity index (χ3n) is 19.7. The molecule has 2 amide bonds. The Hall–Kier alpha value is -8.37. The van der Waals surface area contributed by atoms with E-state index in [9.17, 15) is 22.8 Å². The van der Waals surface area contributed by atoms with Gasteiger partial charge in [-0.25, -0.2) is 13.4 Å². The number of nitrogens with one attached hydrogen (secondary N) is 7. The Morgan fingerprint density at radius 2 is 0.950 bits per heavy atom. The molecule has 7 aliphatic heterocycles. The maximum atomic E-state index is 12.0. The lowest BCUT2D eigenvalue weighted by molar-refractivity contribution is -0.146. The fourth-order valence-corrected chi connectivity index (χ4v) is 17.6. The van der Waals surface area contributed by atoms with E-state index in [1.807, 2.05) is 98.3 Å². The molecule has 11 aromatic rings. The number of piperidine rings is 4. The van der Waals surface area contributed by atoms with Crippen molar-refractivity contribution < 1.29 is 27.5 Å². The van der Waals surface area contributed by atoms with Crippen LogP contribution in [0.1, 0.15) is 94.2 Å². The Bertz CT molecular complexity index is 4840. The van der Waals surface area contributed by atoms with Crippen LogP contribution in [0.2, 0.25) is 25.1 Å². The number of methoxy groups -OCH3 is 1. The quantitative estimate of drug-likeness (QED) is 0.0661. The topological polar surface area (TPSA) is 298 Å². The van der Waals surface area contributed by atoms with Crippen LogP contribution in [0.5, 0.6) is 0 Å². The van der Waals surface area contributed by atoms with Crippen molar-refractivity contribution in [1.29, 1.82) is 0 Å². The van der Waals surface area contributed by atoms with E-state index in [1.54, 1.807) is 35.8 Å². The van der Waals surface area contributed by atoms with Crippen LogP contribution in [-0.4, -0.2) is 192 Å². The van der Waals surface area contributed by atoms with Crippen molar-refractivity contribution >= 4 is 163 Å². The van der Waals surface area contributed by atoms with E-state index in [1.165, 1.54) is 19.1 Å². The Kier molecular flexibility index (Phi) is 21.1. The van der Waals surface area contributed by atoms with Crippen LogP contribution in [0, 0.1) is 5.92 Å². The van der Waals surface area contributed by atoms with Gasteiger partial charge in [0.15, 0.2) is 0 Å². The number of carbonyl (C=O) groups excluding carboxylic acids is 3. The molecule has 6 aromatic heterocycles. The molecule has 7 N–H and O–H groups in total. The first-order chi connectivity index (χ1) is 48.1. The van der Waals surface area contributed by atoms with Crippen molar-refractivity contribution in [2.75, 3.05) is 85.3 Å². The van der Waals surface area contributed by atoms with Crippen molar-refractivity contribution in [2.24, 2.45) is 5.92 Å². The van der Waals surface area contributed by atoms with Crippen molar-refractivity contribution in [3.63, 3.8) is 0 Å². The zero-order chi connectivity index (χ0) is 70.1. The Balaban J connectivity index is 0.000000112. The number of piperazine rings is 2. The number of aromatic nitrogens is 12. The molecule has 13 heterocycles. The molecule has 7 aliphatic rings. The minimum absolute atomic E-state index is 0.00951. The molecule has 0 saturated carbocycles. The summed E-state index contributed by atoms with van der Waals surface area (Å²) < 4.78 is 30.5. The zero-order valence-electron chi connectivity index (χ0n) is 55.8. The van der Waals surface area contributed by atoms with Crippen molar-refractivity contribution in [2.45, 2.75) is 108 Å². The number of hydrogen-bond donors (Lipinski definition) is 7. The summed E-state index contributed by atoms with van der Waals surface area (Å²) in [4.78, 5) is 54.1. The minimum atomic E-state index is -3.15. The third-order valence-corrected chi connectivity index (χ3v) is 22.1. The number of carbonyl (C=O) groups is 3. The van der Waals surface area contributed by atoms with Gasteiger partial charge in [0.1, 0.15) is 5.82 Å². The smallest absolute Gasteiger partial charge is 0.308 e. The molecule has 0 aliphatic carbocycles. The van der Waals surface area contributed by atoms with Gasteiger partial charge >= 0.3 is 5.97 Å². The lowest BCUT2D eigenvalue weighted by atomic mass is 9.90. The van der Waals surface area contributed by atoms with Gasteiger partial charge in [-0.15, -0.1) is 0 Å². The monoisotopic (exact) mass is 1480 g/mol. The second-order valence-electron chi connectivity index (χ2n) is 26.5. The van der Waals surface area contributed by atoms with Crippen LogP contribution in [0.4, 0.5) is 22.7 Å². The number of hydrogen-bond acceptors (Lipinski definition) is 16. The molecular formula is C69H78Cl5N19O6S. The van der Waals surface area contributed by atoms with Crippen LogP contribution in [0.3, 0.4) is 0 Å². The number of imidazole rings is 1. The van der Waals surface area contributed by atoms with E-state index < -0.39 is 10.0 Å². The van der Waals surface area contributed by atoms with Crippen LogP contribution >= 0.6 is 58.0 Å². The lowest BCUT2D eigenvalue weighted by Crippen LogP contribution is -2.63. The van der Waals surface area contributed by atoms with E-state index in [2.05, 4.69) is 85.9 Å². The average molecular weight is 1480 g/mol. The number of nitrogens with zero attached hydrogens (tertiary/aromatic N) is 12. The third kappa shape index (κ3) is 15.3. The summed E-state index contributed by atoms with van der Waals surface area (Å²) in [5, 5.41) is 46.2. The number of benzene rings is 5. The normalized spacial score (nSPS) is 19.5. The first-order valence-electron chi connectivity index (χ1n) is 33.4.